The molecule has 4 nitrogen and oxygen atoms in total. The van der Waals surface area contributed by atoms with Gasteiger partial charge in [0.05, 0.1) is 17.7 Å². The van der Waals surface area contributed by atoms with Crippen LogP contribution in [0.1, 0.15) is 17.2 Å². The average molecular weight is 240 g/mol. The standard InChI is InChI=1S/C14H16N4/c1-17-5-7-18(8-6-17)14(11-16)13-4-2-3-12(9-13)10-15/h2-4,9,14H,5-8H2,1H3. The van der Waals surface area contributed by atoms with Gasteiger partial charge in [0.1, 0.15) is 6.04 Å². The molecule has 1 aromatic carbocycles. The summed E-state index contributed by atoms with van der Waals surface area (Å²) in [6.45, 7) is 3.75. The second-order valence-corrected chi connectivity index (χ2v) is 4.61. The van der Waals surface area contributed by atoms with E-state index in [0.717, 1.165) is 31.7 Å². The van der Waals surface area contributed by atoms with E-state index < -0.39 is 0 Å². The summed E-state index contributed by atoms with van der Waals surface area (Å²) in [7, 11) is 2.09. The number of benzene rings is 1. The Balaban J connectivity index is 2.18. The van der Waals surface area contributed by atoms with E-state index in [0.29, 0.717) is 5.56 Å². The van der Waals surface area contributed by atoms with Gasteiger partial charge in [-0.05, 0) is 24.7 Å². The van der Waals surface area contributed by atoms with Crippen LogP contribution in [0.3, 0.4) is 0 Å². The fourth-order valence-electron chi connectivity index (χ4n) is 2.23. The van der Waals surface area contributed by atoms with Crippen molar-refractivity contribution in [3.63, 3.8) is 0 Å². The maximum atomic E-state index is 9.37. The summed E-state index contributed by atoms with van der Waals surface area (Å²) >= 11 is 0. The quantitative estimate of drug-likeness (QED) is 0.783. The molecule has 2 rings (SSSR count). The summed E-state index contributed by atoms with van der Waals surface area (Å²) in [6.07, 6.45) is 0. The monoisotopic (exact) mass is 240 g/mol. The number of nitriles is 2. The van der Waals surface area contributed by atoms with Gasteiger partial charge < -0.3 is 4.90 Å². The van der Waals surface area contributed by atoms with Crippen molar-refractivity contribution in [3.8, 4) is 12.1 Å². The second-order valence-electron chi connectivity index (χ2n) is 4.61. The van der Waals surface area contributed by atoms with Crippen LogP contribution >= 0.6 is 0 Å². The number of hydrogen-bond donors (Lipinski definition) is 0. The summed E-state index contributed by atoms with van der Waals surface area (Å²) in [5, 5.41) is 18.3. The lowest BCUT2D eigenvalue weighted by Crippen LogP contribution is -2.45. The largest absolute Gasteiger partial charge is 0.304 e. The normalized spacial score (nSPS) is 18.8. The van der Waals surface area contributed by atoms with Crippen molar-refractivity contribution < 1.29 is 0 Å². The molecule has 0 N–H and O–H groups in total. The third kappa shape index (κ3) is 2.68. The van der Waals surface area contributed by atoms with Crippen molar-refractivity contribution in [2.24, 2.45) is 0 Å². The SMILES string of the molecule is CN1CCN(C(C#N)c2cccc(C#N)c2)CC1. The van der Waals surface area contributed by atoms with Gasteiger partial charge in [-0.15, -0.1) is 0 Å². The first-order valence-corrected chi connectivity index (χ1v) is 6.07. The number of likely N-dealkylation sites (N-methyl/N-ethyl adjacent to an activating group) is 1. The summed E-state index contributed by atoms with van der Waals surface area (Å²) in [5.41, 5.74) is 1.53. The van der Waals surface area contributed by atoms with E-state index in [1.165, 1.54) is 0 Å². The maximum absolute atomic E-state index is 9.37. The highest BCUT2D eigenvalue weighted by Gasteiger charge is 2.23. The molecule has 1 unspecified atom stereocenters. The van der Waals surface area contributed by atoms with Gasteiger partial charge in [-0.2, -0.15) is 10.5 Å². The molecule has 1 aromatic rings. The number of piperazine rings is 1. The number of nitrogens with zero attached hydrogens (tertiary/aromatic N) is 4. The average Bonchev–Trinajstić information content (AvgIpc) is 2.42. The predicted octanol–water partition coefficient (Wildman–Crippen LogP) is 1.37. The molecule has 0 amide bonds. The zero-order valence-corrected chi connectivity index (χ0v) is 10.5. The molecule has 0 radical (unpaired) electrons. The molecule has 0 bridgehead atoms. The Bertz CT molecular complexity index is 489. The van der Waals surface area contributed by atoms with Gasteiger partial charge in [0.25, 0.3) is 0 Å². The van der Waals surface area contributed by atoms with Crippen LogP contribution in [0.2, 0.25) is 0 Å². The van der Waals surface area contributed by atoms with E-state index in [1.54, 1.807) is 6.07 Å². The van der Waals surface area contributed by atoms with Crippen molar-refractivity contribution in [3.05, 3.63) is 35.4 Å². The van der Waals surface area contributed by atoms with E-state index in [-0.39, 0.29) is 6.04 Å². The molecule has 18 heavy (non-hydrogen) atoms. The highest BCUT2D eigenvalue weighted by Crippen LogP contribution is 2.22. The molecule has 0 aromatic heterocycles. The van der Waals surface area contributed by atoms with Crippen molar-refractivity contribution in [2.45, 2.75) is 6.04 Å². The third-order valence-corrected chi connectivity index (χ3v) is 3.36. The van der Waals surface area contributed by atoms with Crippen molar-refractivity contribution in [2.75, 3.05) is 33.2 Å². The lowest BCUT2D eigenvalue weighted by atomic mass is 10.0. The minimum Gasteiger partial charge on any atom is -0.304 e. The Morgan fingerprint density at radius 3 is 2.50 bits per heavy atom. The molecule has 4 heteroatoms. The van der Waals surface area contributed by atoms with Gasteiger partial charge in [0, 0.05) is 26.2 Å². The molecule has 0 aliphatic carbocycles. The van der Waals surface area contributed by atoms with E-state index in [1.807, 2.05) is 18.2 Å². The minimum absolute atomic E-state index is 0.244. The van der Waals surface area contributed by atoms with Gasteiger partial charge in [0.2, 0.25) is 0 Å². The Kier molecular flexibility index (Phi) is 3.94. The highest BCUT2D eigenvalue weighted by atomic mass is 15.3. The molecular weight excluding hydrogens is 224 g/mol. The summed E-state index contributed by atoms with van der Waals surface area (Å²) in [5.74, 6) is 0. The molecule has 0 saturated carbocycles. The molecule has 1 aliphatic heterocycles. The van der Waals surface area contributed by atoms with Gasteiger partial charge in [-0.1, -0.05) is 12.1 Å². The smallest absolute Gasteiger partial charge is 0.123 e. The first-order chi connectivity index (χ1) is 8.74. The molecule has 1 fully saturated rings. The van der Waals surface area contributed by atoms with Crippen molar-refractivity contribution in [1.29, 1.82) is 10.5 Å². The van der Waals surface area contributed by atoms with Crippen LogP contribution in [0.15, 0.2) is 24.3 Å². The van der Waals surface area contributed by atoms with Crippen LogP contribution in [0.5, 0.6) is 0 Å². The van der Waals surface area contributed by atoms with E-state index in [4.69, 9.17) is 5.26 Å². The van der Waals surface area contributed by atoms with Gasteiger partial charge in [-0.25, -0.2) is 0 Å². The van der Waals surface area contributed by atoms with Crippen molar-refractivity contribution >= 4 is 0 Å². The Labute approximate surface area is 108 Å². The zero-order valence-electron chi connectivity index (χ0n) is 10.5. The highest BCUT2D eigenvalue weighted by molar-refractivity contribution is 5.36. The fraction of sp³-hybridized carbons (Fsp3) is 0.429. The van der Waals surface area contributed by atoms with Crippen LogP contribution in [0, 0.1) is 22.7 Å². The Morgan fingerprint density at radius 2 is 1.89 bits per heavy atom. The van der Waals surface area contributed by atoms with Crippen LogP contribution in [-0.4, -0.2) is 43.0 Å². The second kappa shape index (κ2) is 5.64. The minimum atomic E-state index is -0.244. The molecular formula is C14H16N4. The zero-order chi connectivity index (χ0) is 13.0. The van der Waals surface area contributed by atoms with Crippen LogP contribution in [0.4, 0.5) is 0 Å². The fourth-order valence-corrected chi connectivity index (χ4v) is 2.23. The molecule has 1 aliphatic rings. The lowest BCUT2D eigenvalue weighted by molar-refractivity contribution is 0.133. The van der Waals surface area contributed by atoms with Crippen LogP contribution < -0.4 is 0 Å². The van der Waals surface area contributed by atoms with E-state index in [9.17, 15) is 5.26 Å². The van der Waals surface area contributed by atoms with Gasteiger partial charge in [-0.3, -0.25) is 4.90 Å². The van der Waals surface area contributed by atoms with Gasteiger partial charge in [0.15, 0.2) is 0 Å². The predicted molar refractivity (Wildman–Crippen MR) is 68.6 cm³/mol. The summed E-state index contributed by atoms with van der Waals surface area (Å²) in [4.78, 5) is 4.44. The first kappa shape index (κ1) is 12.6. The number of rotatable bonds is 2. The van der Waals surface area contributed by atoms with Gasteiger partial charge >= 0.3 is 0 Å². The first-order valence-electron chi connectivity index (χ1n) is 6.07. The Hall–Kier alpha value is -1.88. The molecule has 92 valence electrons. The van der Waals surface area contributed by atoms with E-state index in [2.05, 4.69) is 29.0 Å². The van der Waals surface area contributed by atoms with Crippen LogP contribution in [0.25, 0.3) is 0 Å². The van der Waals surface area contributed by atoms with Crippen molar-refractivity contribution in [1.82, 2.24) is 9.80 Å². The van der Waals surface area contributed by atoms with E-state index >= 15 is 0 Å². The third-order valence-electron chi connectivity index (χ3n) is 3.36. The topological polar surface area (TPSA) is 54.1 Å². The van der Waals surface area contributed by atoms with Crippen LogP contribution in [-0.2, 0) is 0 Å². The molecule has 1 saturated heterocycles. The Morgan fingerprint density at radius 1 is 1.17 bits per heavy atom. The maximum Gasteiger partial charge on any atom is 0.123 e. The molecule has 1 heterocycles. The molecule has 1 atom stereocenters. The summed E-state index contributed by atoms with van der Waals surface area (Å²) in [6, 6.07) is 11.6. The summed E-state index contributed by atoms with van der Waals surface area (Å²) < 4.78 is 0. The lowest BCUT2D eigenvalue weighted by Gasteiger charge is -2.35. The molecule has 0 spiro atoms. The number of hydrogen-bond acceptors (Lipinski definition) is 4.